The van der Waals surface area contributed by atoms with E-state index >= 15 is 0 Å². The second kappa shape index (κ2) is 16.7. The molecular weight excluding hydrogens is 453 g/mol. The van der Waals surface area contributed by atoms with Crippen molar-refractivity contribution in [3.05, 3.63) is 12.2 Å². The summed E-state index contributed by atoms with van der Waals surface area (Å²) in [6, 6.07) is 0. The maximum absolute atomic E-state index is 9.19. The average molecular weight is 492 g/mol. The minimum Gasteiger partial charge on any atom is -1.00 e. The molecular formula is C22H39ClOPPd+. The van der Waals surface area contributed by atoms with Crippen LogP contribution in [0.2, 0.25) is 0 Å². The molecule has 3 saturated carbocycles. The van der Waals surface area contributed by atoms with Gasteiger partial charge >= 0.3 is 20.4 Å². The number of rotatable bonds is 4. The minimum atomic E-state index is -0.0465. The van der Waals surface area contributed by atoms with Crippen LogP contribution in [-0.2, 0) is 25.2 Å². The molecule has 0 spiro atoms. The van der Waals surface area contributed by atoms with Gasteiger partial charge in [0, 0.05) is 7.92 Å². The van der Waals surface area contributed by atoms with Crippen molar-refractivity contribution in [2.75, 3.05) is 0 Å². The Kier molecular flexibility index (Phi) is 17.2. The molecule has 1 nitrogen and oxygen atoms in total. The molecule has 154 valence electrons. The maximum Gasteiger partial charge on any atom is 2.00 e. The molecule has 3 aliphatic carbocycles. The van der Waals surface area contributed by atoms with Gasteiger partial charge in [0.05, 0.1) is 17.0 Å². The quantitative estimate of drug-likeness (QED) is 0.252. The molecule has 0 bridgehead atoms. The monoisotopic (exact) mass is 491 g/mol. The van der Waals surface area contributed by atoms with E-state index in [9.17, 15) is 4.79 Å². The van der Waals surface area contributed by atoms with Crippen LogP contribution in [0.25, 0.3) is 0 Å². The smallest absolute Gasteiger partial charge is 1.00 e. The molecule has 0 atom stereocenters. The summed E-state index contributed by atoms with van der Waals surface area (Å²) >= 11 is 0. The predicted octanol–water partition coefficient (Wildman–Crippen LogP) is 3.87. The first kappa shape index (κ1) is 26.8. The first-order valence-electron chi connectivity index (χ1n) is 10.7. The van der Waals surface area contributed by atoms with Crippen LogP contribution in [0.1, 0.15) is 103 Å². The summed E-state index contributed by atoms with van der Waals surface area (Å²) in [5.41, 5.74) is 3.68. The molecule has 0 N–H and O–H groups in total. The zero-order chi connectivity index (χ0) is 17.0. The van der Waals surface area contributed by atoms with E-state index < -0.39 is 0 Å². The third kappa shape index (κ3) is 9.33. The van der Waals surface area contributed by atoms with E-state index in [1.807, 2.05) is 0 Å². The topological polar surface area (TPSA) is 17.1 Å². The summed E-state index contributed by atoms with van der Waals surface area (Å²) < 4.78 is 0. The molecule has 26 heavy (non-hydrogen) atoms. The van der Waals surface area contributed by atoms with Gasteiger partial charge in [0.1, 0.15) is 0 Å². The van der Waals surface area contributed by atoms with Crippen LogP contribution in [0.15, 0.2) is 12.2 Å². The van der Waals surface area contributed by atoms with Crippen LogP contribution in [0, 0.1) is 0 Å². The molecule has 0 aromatic carbocycles. The van der Waals surface area contributed by atoms with Crippen LogP contribution in [-0.4, -0.2) is 23.3 Å². The van der Waals surface area contributed by atoms with Gasteiger partial charge in [0.25, 0.3) is 0 Å². The van der Waals surface area contributed by atoms with Gasteiger partial charge in [0.2, 0.25) is 0 Å². The first-order chi connectivity index (χ1) is 11.9. The Morgan fingerprint density at radius 1 is 0.692 bits per heavy atom. The first-order valence-corrected chi connectivity index (χ1v) is 12.5. The van der Waals surface area contributed by atoms with Crippen molar-refractivity contribution in [1.82, 2.24) is 0 Å². The fourth-order valence-electron chi connectivity index (χ4n) is 5.38. The summed E-state index contributed by atoms with van der Waals surface area (Å²) in [6.07, 6.45) is 28.3. The molecule has 0 heterocycles. The molecule has 0 aromatic rings. The number of hydrogen-bond acceptors (Lipinski definition) is 1. The molecule has 3 fully saturated rings. The molecule has 4 heteroatoms. The van der Waals surface area contributed by atoms with Gasteiger partial charge in [-0.3, -0.25) is 0 Å². The molecule has 0 unspecified atom stereocenters. The summed E-state index contributed by atoms with van der Waals surface area (Å²) in [4.78, 5) is 9.19. The third-order valence-electron chi connectivity index (χ3n) is 6.46. The van der Waals surface area contributed by atoms with Crippen molar-refractivity contribution in [3.63, 3.8) is 0 Å². The molecule has 0 aliphatic heterocycles. The van der Waals surface area contributed by atoms with Crippen molar-refractivity contribution in [2.45, 2.75) is 120 Å². The van der Waals surface area contributed by atoms with E-state index in [1.54, 1.807) is 116 Å². The molecule has 0 radical (unpaired) electrons. The Bertz CT molecular complexity index is 316. The Labute approximate surface area is 183 Å². The largest absolute Gasteiger partial charge is 2.00 e. The maximum atomic E-state index is 9.19. The van der Waals surface area contributed by atoms with Crippen LogP contribution in [0.5, 0.6) is 0 Å². The molecule has 0 aromatic heterocycles. The van der Waals surface area contributed by atoms with Gasteiger partial charge in [-0.15, -0.1) is 6.92 Å². The van der Waals surface area contributed by atoms with Crippen molar-refractivity contribution in [2.24, 2.45) is 0 Å². The third-order valence-corrected chi connectivity index (χ3v) is 11.0. The van der Waals surface area contributed by atoms with Crippen LogP contribution in [0.3, 0.4) is 0 Å². The van der Waals surface area contributed by atoms with Crippen molar-refractivity contribution in [3.8, 4) is 0 Å². The fraction of sp³-hybridized carbons (Fsp3) is 0.864. The molecule has 0 amide bonds. The van der Waals surface area contributed by atoms with Gasteiger partial charge in [0.15, 0.2) is 0 Å². The van der Waals surface area contributed by atoms with Gasteiger partial charge in [-0.1, -0.05) is 19.3 Å². The Morgan fingerprint density at radius 3 is 1.19 bits per heavy atom. The minimum absolute atomic E-state index is 0. The van der Waals surface area contributed by atoms with Crippen molar-refractivity contribution < 1.29 is 37.6 Å². The van der Waals surface area contributed by atoms with E-state index in [2.05, 4.69) is 0 Å². The Balaban J connectivity index is 0.000000798. The zero-order valence-electron chi connectivity index (χ0n) is 16.6. The Morgan fingerprint density at radius 2 is 1.00 bits per heavy atom. The van der Waals surface area contributed by atoms with E-state index in [-0.39, 0.29) is 40.8 Å². The summed E-state index contributed by atoms with van der Waals surface area (Å²) in [6.45, 7) is 1.77. The number of carbonyl (C=O) groups excluding carboxylic acids is 1. The summed E-state index contributed by atoms with van der Waals surface area (Å²) in [7, 11) is -0.0465. The van der Waals surface area contributed by atoms with Gasteiger partial charge in [-0.05, 0) is 83.3 Å². The standard InChI is InChI=1S/C18H33P.C4H5O.ClH.Pd/c1-4-10-16(11-5-1)19(17-12-6-2-7-13-17)18-14-8-3-9-15-18;1-2-3-4-5;;/h16-18H,1-15H2;2-3H,1H3;1H;/q;-1;;+2/b;3-2+;;. The number of halogens is 1. The SMILES string of the molecule is C/C=C/[C-]=O.C1CCC([PH+](C2CCCCC2)C2CCCCC2)CC1.[Cl-].[Pd+2]. The van der Waals surface area contributed by atoms with E-state index in [0.717, 1.165) is 0 Å². The van der Waals surface area contributed by atoms with Gasteiger partial charge < -0.3 is 17.2 Å². The van der Waals surface area contributed by atoms with E-state index in [4.69, 9.17) is 0 Å². The molecule has 3 aliphatic rings. The molecule has 0 saturated heterocycles. The van der Waals surface area contributed by atoms with Crippen molar-refractivity contribution in [1.29, 1.82) is 0 Å². The number of allylic oxidation sites excluding steroid dienone is 2. The second-order valence-electron chi connectivity index (χ2n) is 8.12. The normalized spacial score (nSPS) is 22.8. The average Bonchev–Trinajstić information content (AvgIpc) is 2.66. The van der Waals surface area contributed by atoms with Crippen LogP contribution in [0.4, 0.5) is 0 Å². The van der Waals surface area contributed by atoms with Gasteiger partial charge in [-0.25, -0.2) is 6.08 Å². The summed E-state index contributed by atoms with van der Waals surface area (Å²) in [5, 5.41) is 0. The number of hydrogen-bond donors (Lipinski definition) is 0. The van der Waals surface area contributed by atoms with E-state index in [1.165, 1.54) is 23.1 Å². The van der Waals surface area contributed by atoms with Gasteiger partial charge in [-0.2, -0.15) is 6.08 Å². The van der Waals surface area contributed by atoms with Crippen LogP contribution >= 0.6 is 7.92 Å². The predicted molar refractivity (Wildman–Crippen MR) is 109 cm³/mol. The van der Waals surface area contributed by atoms with Crippen molar-refractivity contribution >= 4 is 14.2 Å². The fourth-order valence-corrected chi connectivity index (χ4v) is 10.6. The molecule has 3 rings (SSSR count). The second-order valence-corrected chi connectivity index (χ2v) is 11.6. The van der Waals surface area contributed by atoms with Crippen LogP contribution < -0.4 is 12.4 Å². The zero-order valence-corrected chi connectivity index (χ0v) is 19.9. The summed E-state index contributed by atoms with van der Waals surface area (Å²) in [5.74, 6) is 0. The Hall–Kier alpha value is 0.792. The van der Waals surface area contributed by atoms with E-state index in [0.29, 0.717) is 0 Å².